The monoisotopic (exact) mass is 600 g/mol. The Morgan fingerprint density at radius 3 is 2.19 bits per heavy atom. The number of aryl methyl sites for hydroxylation is 1. The first-order valence-electron chi connectivity index (χ1n) is 15.5. The first-order chi connectivity index (χ1) is 20.5. The molecular formula is C36H45ClN4O2. The minimum atomic E-state index is -0.507. The molecule has 0 aliphatic carbocycles. The fraction of sp³-hybridized carbons (Fsp3) is 0.417. The minimum Gasteiger partial charge on any atom is -0.315 e. The fourth-order valence-electron chi connectivity index (χ4n) is 5.59. The second-order valence-corrected chi connectivity index (χ2v) is 12.5. The van der Waals surface area contributed by atoms with Crippen LogP contribution in [0.25, 0.3) is 16.6 Å². The number of fused-ring (bicyclic) bond motifs is 1. The summed E-state index contributed by atoms with van der Waals surface area (Å²) in [7, 11) is 0. The fourth-order valence-corrected chi connectivity index (χ4v) is 5.76. The zero-order valence-electron chi connectivity index (χ0n) is 26.6. The van der Waals surface area contributed by atoms with Crippen LogP contribution in [-0.4, -0.2) is 27.0 Å². The molecule has 0 saturated carbocycles. The van der Waals surface area contributed by atoms with Gasteiger partial charge in [0, 0.05) is 17.3 Å². The van der Waals surface area contributed by atoms with Crippen molar-refractivity contribution in [3.05, 3.63) is 98.6 Å². The Hall–Kier alpha value is -3.64. The van der Waals surface area contributed by atoms with Gasteiger partial charge >= 0.3 is 6.03 Å². The summed E-state index contributed by atoms with van der Waals surface area (Å²) >= 11 is 6.34. The summed E-state index contributed by atoms with van der Waals surface area (Å²) in [5.41, 5.74) is 5.21. The number of halogens is 1. The van der Waals surface area contributed by atoms with Crippen molar-refractivity contribution in [2.24, 2.45) is 0 Å². The van der Waals surface area contributed by atoms with Crippen LogP contribution in [0, 0.1) is 6.92 Å². The Kier molecular flexibility index (Phi) is 10.7. The Balaban J connectivity index is 1.86. The van der Waals surface area contributed by atoms with E-state index in [4.69, 9.17) is 16.6 Å². The number of benzene rings is 3. The van der Waals surface area contributed by atoms with Crippen molar-refractivity contribution in [1.29, 1.82) is 0 Å². The topological polar surface area (TPSA) is 67.2 Å². The highest BCUT2D eigenvalue weighted by molar-refractivity contribution is 6.31. The molecule has 1 atom stereocenters. The van der Waals surface area contributed by atoms with Crippen molar-refractivity contribution in [3.8, 4) is 5.69 Å². The molecule has 1 aromatic heterocycles. The zero-order valence-corrected chi connectivity index (χ0v) is 27.3. The molecule has 1 N–H and O–H groups in total. The molecule has 4 rings (SSSR count). The Bertz CT molecular complexity index is 1600. The van der Waals surface area contributed by atoms with Crippen LogP contribution >= 0.6 is 11.6 Å². The number of hydrogen-bond donors (Lipinski definition) is 1. The summed E-state index contributed by atoms with van der Waals surface area (Å²) in [6.45, 7) is 15.3. The summed E-state index contributed by atoms with van der Waals surface area (Å²) in [5.74, 6) is 0.974. The molecule has 1 heterocycles. The summed E-state index contributed by atoms with van der Waals surface area (Å²) in [6, 6.07) is 18.5. The Morgan fingerprint density at radius 2 is 1.58 bits per heavy atom. The number of urea groups is 1. The van der Waals surface area contributed by atoms with Gasteiger partial charge in [-0.15, -0.1) is 0 Å². The van der Waals surface area contributed by atoms with Crippen LogP contribution in [0.1, 0.15) is 108 Å². The highest BCUT2D eigenvalue weighted by Gasteiger charge is 2.28. The quantitative estimate of drug-likeness (QED) is 0.174. The molecular weight excluding hydrogens is 556 g/mol. The predicted molar refractivity (Wildman–Crippen MR) is 180 cm³/mol. The first kappa shape index (κ1) is 32.3. The number of nitrogens with one attached hydrogen (secondary N) is 1. The first-order valence-corrected chi connectivity index (χ1v) is 15.9. The van der Waals surface area contributed by atoms with E-state index in [9.17, 15) is 9.59 Å². The van der Waals surface area contributed by atoms with E-state index >= 15 is 0 Å². The van der Waals surface area contributed by atoms with E-state index in [1.807, 2.05) is 43.0 Å². The number of anilines is 1. The lowest BCUT2D eigenvalue weighted by atomic mass is 9.92. The van der Waals surface area contributed by atoms with Crippen LogP contribution in [0.3, 0.4) is 0 Å². The minimum absolute atomic E-state index is 0.189. The third kappa shape index (κ3) is 7.30. The van der Waals surface area contributed by atoms with Gasteiger partial charge in [-0.1, -0.05) is 101 Å². The van der Waals surface area contributed by atoms with Gasteiger partial charge in [-0.05, 0) is 73.6 Å². The molecule has 0 fully saturated rings. The number of rotatable bonds is 11. The molecule has 3 aromatic carbocycles. The molecule has 7 heteroatoms. The highest BCUT2D eigenvalue weighted by Crippen LogP contribution is 2.33. The number of aromatic nitrogens is 2. The van der Waals surface area contributed by atoms with E-state index in [0.717, 1.165) is 48.1 Å². The molecule has 6 nitrogen and oxygen atoms in total. The molecule has 2 amide bonds. The maximum Gasteiger partial charge on any atom is 0.322 e. The third-order valence-electron chi connectivity index (χ3n) is 8.11. The molecule has 0 bridgehead atoms. The van der Waals surface area contributed by atoms with Crippen molar-refractivity contribution in [2.75, 3.05) is 11.9 Å². The number of para-hydroxylation sites is 1. The lowest BCUT2D eigenvalue weighted by molar-refractivity contribution is 0.187. The lowest BCUT2D eigenvalue weighted by Gasteiger charge is -2.32. The molecule has 0 aliphatic rings. The number of amides is 2. The van der Waals surface area contributed by atoms with Crippen LogP contribution < -0.4 is 10.9 Å². The van der Waals surface area contributed by atoms with Gasteiger partial charge in [-0.2, -0.15) is 0 Å². The van der Waals surface area contributed by atoms with Gasteiger partial charge in [-0.25, -0.2) is 9.78 Å². The summed E-state index contributed by atoms with van der Waals surface area (Å²) < 4.78 is 1.65. The average molecular weight is 601 g/mol. The second kappa shape index (κ2) is 14.2. The van der Waals surface area contributed by atoms with Crippen LogP contribution in [0.15, 0.2) is 65.5 Å². The Morgan fingerprint density at radius 1 is 0.930 bits per heavy atom. The predicted octanol–water partition coefficient (Wildman–Crippen LogP) is 9.77. The standard InChI is InChI=1S/C36H45ClN4O2/c1-8-9-10-11-21-40(36(43)39-33-29(23(2)3)13-12-14-30(33)24(4)5)26(7)34-38-32-22-27(37)17-20-31(32)35(42)41(34)28-18-15-25(6)16-19-28/h12-20,22-24,26H,8-11,21H2,1-7H3,(H,39,43). The SMILES string of the molecule is CCCCCCN(C(=O)Nc1c(C(C)C)cccc1C(C)C)C(C)c1nc2cc(Cl)ccc2c(=O)n1-c1ccc(C)cc1. The lowest BCUT2D eigenvalue weighted by Crippen LogP contribution is -2.40. The number of carbonyl (C=O) groups excluding carboxylic acids is 1. The molecule has 0 aliphatic heterocycles. The van der Waals surface area contributed by atoms with E-state index in [-0.39, 0.29) is 23.4 Å². The molecule has 1 unspecified atom stereocenters. The van der Waals surface area contributed by atoms with Crippen molar-refractivity contribution in [1.82, 2.24) is 14.5 Å². The molecule has 4 aromatic rings. The van der Waals surface area contributed by atoms with Gasteiger partial charge in [0.1, 0.15) is 5.82 Å². The molecule has 0 spiro atoms. The van der Waals surface area contributed by atoms with E-state index in [0.29, 0.717) is 34.0 Å². The van der Waals surface area contributed by atoms with Gasteiger partial charge in [0.05, 0.1) is 22.6 Å². The normalized spacial score (nSPS) is 12.2. The number of hydrogen-bond acceptors (Lipinski definition) is 3. The maximum absolute atomic E-state index is 14.3. The smallest absolute Gasteiger partial charge is 0.315 e. The van der Waals surface area contributed by atoms with Gasteiger partial charge < -0.3 is 10.2 Å². The summed E-state index contributed by atoms with van der Waals surface area (Å²) in [6.07, 6.45) is 4.06. The van der Waals surface area contributed by atoms with Gasteiger partial charge in [0.25, 0.3) is 5.56 Å². The highest BCUT2D eigenvalue weighted by atomic mass is 35.5. The Labute approximate surface area is 261 Å². The largest absolute Gasteiger partial charge is 0.322 e. The van der Waals surface area contributed by atoms with Crippen molar-refractivity contribution in [2.45, 2.75) is 92.0 Å². The molecule has 228 valence electrons. The summed E-state index contributed by atoms with van der Waals surface area (Å²) in [5, 5.41) is 4.30. The number of nitrogens with zero attached hydrogens (tertiary/aromatic N) is 3. The number of carbonyl (C=O) groups is 1. The molecule has 0 radical (unpaired) electrons. The second-order valence-electron chi connectivity index (χ2n) is 12.1. The van der Waals surface area contributed by atoms with Gasteiger partial charge in [-0.3, -0.25) is 9.36 Å². The van der Waals surface area contributed by atoms with Gasteiger partial charge in [0.15, 0.2) is 0 Å². The summed E-state index contributed by atoms with van der Waals surface area (Å²) in [4.78, 5) is 35.2. The maximum atomic E-state index is 14.3. The zero-order chi connectivity index (χ0) is 31.3. The van der Waals surface area contributed by atoms with Crippen molar-refractivity contribution in [3.63, 3.8) is 0 Å². The third-order valence-corrected chi connectivity index (χ3v) is 8.34. The molecule has 0 saturated heterocycles. The van der Waals surface area contributed by atoms with Crippen molar-refractivity contribution >= 4 is 34.2 Å². The van der Waals surface area contributed by atoms with Gasteiger partial charge in [0.2, 0.25) is 0 Å². The molecule has 43 heavy (non-hydrogen) atoms. The van der Waals surface area contributed by atoms with E-state index in [1.165, 1.54) is 0 Å². The van der Waals surface area contributed by atoms with Crippen LogP contribution in [0.4, 0.5) is 10.5 Å². The van der Waals surface area contributed by atoms with E-state index < -0.39 is 6.04 Å². The number of unbranched alkanes of at least 4 members (excludes halogenated alkanes) is 3. The van der Waals surface area contributed by atoms with E-state index in [2.05, 4.69) is 58.1 Å². The van der Waals surface area contributed by atoms with Crippen LogP contribution in [0.5, 0.6) is 0 Å². The van der Waals surface area contributed by atoms with Crippen molar-refractivity contribution < 1.29 is 4.79 Å². The van der Waals surface area contributed by atoms with Crippen LogP contribution in [-0.2, 0) is 0 Å². The average Bonchev–Trinajstić information content (AvgIpc) is 2.97. The van der Waals surface area contributed by atoms with E-state index in [1.54, 1.807) is 22.8 Å². The van der Waals surface area contributed by atoms with Crippen LogP contribution in [0.2, 0.25) is 5.02 Å².